The zero-order valence-electron chi connectivity index (χ0n) is 15.4. The summed E-state index contributed by atoms with van der Waals surface area (Å²) >= 11 is 1.52. The van der Waals surface area contributed by atoms with Crippen molar-refractivity contribution in [1.29, 1.82) is 0 Å². The third kappa shape index (κ3) is 4.50. The molecule has 1 atom stereocenters. The Balaban J connectivity index is 1.70. The van der Waals surface area contributed by atoms with E-state index in [0.29, 0.717) is 24.1 Å². The number of halogens is 1. The molecule has 1 aromatic carbocycles. The predicted molar refractivity (Wildman–Crippen MR) is 103 cm³/mol. The highest BCUT2D eigenvalue weighted by Gasteiger charge is 2.35. The van der Waals surface area contributed by atoms with Gasteiger partial charge >= 0.3 is 0 Å². The van der Waals surface area contributed by atoms with Crippen LogP contribution in [0.15, 0.2) is 36.7 Å². The van der Waals surface area contributed by atoms with E-state index in [1.807, 2.05) is 0 Å². The first kappa shape index (κ1) is 19.4. The number of hydrogen-bond acceptors (Lipinski definition) is 4. The number of nitrogens with zero attached hydrogens (tertiary/aromatic N) is 3. The van der Waals surface area contributed by atoms with Crippen molar-refractivity contribution in [3.63, 3.8) is 0 Å². The van der Waals surface area contributed by atoms with Crippen molar-refractivity contribution in [3.05, 3.63) is 48.0 Å². The molecule has 1 fully saturated rings. The molecular formula is C19H23FN4O2S. The lowest BCUT2D eigenvalue weighted by Crippen LogP contribution is -2.47. The van der Waals surface area contributed by atoms with E-state index >= 15 is 0 Å². The molecule has 1 aromatic heterocycles. The highest BCUT2D eigenvalue weighted by molar-refractivity contribution is 7.99. The number of amides is 2. The van der Waals surface area contributed by atoms with Crippen LogP contribution in [0.4, 0.5) is 4.39 Å². The van der Waals surface area contributed by atoms with Crippen molar-refractivity contribution in [3.8, 4) is 5.69 Å². The summed E-state index contributed by atoms with van der Waals surface area (Å²) in [6, 6.07) is 5.47. The van der Waals surface area contributed by atoms with Gasteiger partial charge in [-0.25, -0.2) is 9.07 Å². The van der Waals surface area contributed by atoms with E-state index in [2.05, 4.69) is 24.3 Å². The molecule has 27 heavy (non-hydrogen) atoms. The Morgan fingerprint density at radius 2 is 2.22 bits per heavy atom. The Bertz CT molecular complexity index is 810. The average molecular weight is 390 g/mol. The Hall–Kier alpha value is -2.35. The van der Waals surface area contributed by atoms with Crippen LogP contribution in [0.25, 0.3) is 5.69 Å². The van der Waals surface area contributed by atoms with E-state index in [1.165, 1.54) is 33.5 Å². The number of nitrogens with one attached hydrogen (secondary N) is 1. The van der Waals surface area contributed by atoms with Gasteiger partial charge in [0.25, 0.3) is 5.91 Å². The van der Waals surface area contributed by atoms with E-state index in [0.717, 1.165) is 6.42 Å². The highest BCUT2D eigenvalue weighted by atomic mass is 32.2. The molecule has 0 radical (unpaired) electrons. The molecule has 0 aliphatic carbocycles. The number of carbonyl (C=O) groups excluding carboxylic acids is 2. The summed E-state index contributed by atoms with van der Waals surface area (Å²) < 4.78 is 15.8. The minimum Gasteiger partial charge on any atom is -0.354 e. The Morgan fingerprint density at radius 3 is 2.89 bits per heavy atom. The van der Waals surface area contributed by atoms with E-state index in [-0.39, 0.29) is 23.1 Å². The van der Waals surface area contributed by atoms with Crippen LogP contribution in [-0.4, -0.2) is 50.7 Å². The first-order valence-corrected chi connectivity index (χ1v) is 10.1. The summed E-state index contributed by atoms with van der Waals surface area (Å²) in [5.41, 5.74) is 0.501. The van der Waals surface area contributed by atoms with Crippen LogP contribution >= 0.6 is 11.8 Å². The second kappa shape index (κ2) is 8.56. The SMILES string of the molecule is CC(C)CCNC(=O)[C@H]1CSCN1C(=O)c1ccc(-n2cccn2)c(F)c1. The molecule has 1 aliphatic heterocycles. The maximum Gasteiger partial charge on any atom is 0.255 e. The van der Waals surface area contributed by atoms with Gasteiger partial charge < -0.3 is 10.2 Å². The topological polar surface area (TPSA) is 67.2 Å². The molecule has 1 saturated heterocycles. The quantitative estimate of drug-likeness (QED) is 0.824. The highest BCUT2D eigenvalue weighted by Crippen LogP contribution is 2.24. The zero-order chi connectivity index (χ0) is 19.4. The molecular weight excluding hydrogens is 367 g/mol. The molecule has 2 amide bonds. The van der Waals surface area contributed by atoms with Crippen molar-refractivity contribution >= 4 is 23.6 Å². The number of thioether (sulfide) groups is 1. The van der Waals surface area contributed by atoms with Gasteiger partial charge in [0.2, 0.25) is 5.91 Å². The Morgan fingerprint density at radius 1 is 1.41 bits per heavy atom. The molecule has 0 spiro atoms. The van der Waals surface area contributed by atoms with Gasteiger partial charge in [-0.3, -0.25) is 9.59 Å². The van der Waals surface area contributed by atoms with Crippen LogP contribution < -0.4 is 5.32 Å². The van der Waals surface area contributed by atoms with E-state index in [1.54, 1.807) is 24.5 Å². The predicted octanol–water partition coefficient (Wildman–Crippen LogP) is 2.69. The van der Waals surface area contributed by atoms with E-state index < -0.39 is 11.9 Å². The summed E-state index contributed by atoms with van der Waals surface area (Å²) in [5, 5.41) is 6.90. The number of rotatable bonds is 6. The maximum atomic E-state index is 14.4. The summed E-state index contributed by atoms with van der Waals surface area (Å²) in [5.74, 6) is 0.445. The lowest BCUT2D eigenvalue weighted by Gasteiger charge is -2.23. The molecule has 6 nitrogen and oxygen atoms in total. The Kier molecular flexibility index (Phi) is 6.15. The van der Waals surface area contributed by atoms with Crippen LogP contribution in [-0.2, 0) is 4.79 Å². The van der Waals surface area contributed by atoms with Gasteiger partial charge in [-0.2, -0.15) is 5.10 Å². The molecule has 8 heteroatoms. The van der Waals surface area contributed by atoms with E-state index in [4.69, 9.17) is 0 Å². The average Bonchev–Trinajstić information content (AvgIpc) is 3.32. The standard InChI is InChI=1S/C19H23FN4O2S/c1-13(2)6-8-21-18(25)17-11-27-12-23(17)19(26)14-4-5-16(15(20)10-14)24-9-3-7-22-24/h3-5,7,9-10,13,17H,6,8,11-12H2,1-2H3,(H,21,25)/t17-/m1/s1. The van der Waals surface area contributed by atoms with Crippen LogP contribution in [0.3, 0.4) is 0 Å². The van der Waals surface area contributed by atoms with Gasteiger partial charge in [-0.15, -0.1) is 11.8 Å². The Labute approximate surface area is 162 Å². The van der Waals surface area contributed by atoms with Crippen LogP contribution in [0.1, 0.15) is 30.6 Å². The second-order valence-corrected chi connectivity index (χ2v) is 7.88. The molecule has 0 bridgehead atoms. The third-order valence-electron chi connectivity index (χ3n) is 4.41. The van der Waals surface area contributed by atoms with E-state index in [9.17, 15) is 14.0 Å². The summed E-state index contributed by atoms with van der Waals surface area (Å²) in [6.07, 6.45) is 4.08. The normalized spacial score (nSPS) is 16.7. The van der Waals surface area contributed by atoms with Gasteiger partial charge in [0.1, 0.15) is 17.5 Å². The smallest absolute Gasteiger partial charge is 0.255 e. The minimum atomic E-state index is -0.533. The van der Waals surface area contributed by atoms with Crippen LogP contribution in [0.2, 0.25) is 0 Å². The molecule has 1 N–H and O–H groups in total. The third-order valence-corrected chi connectivity index (χ3v) is 5.42. The molecule has 2 aromatic rings. The monoisotopic (exact) mass is 390 g/mol. The van der Waals surface area contributed by atoms with Crippen molar-refractivity contribution in [2.45, 2.75) is 26.3 Å². The first-order chi connectivity index (χ1) is 13.0. The van der Waals surface area contributed by atoms with Crippen LogP contribution in [0.5, 0.6) is 0 Å². The summed E-state index contributed by atoms with van der Waals surface area (Å²) in [7, 11) is 0. The summed E-state index contributed by atoms with van der Waals surface area (Å²) in [6.45, 7) is 4.77. The maximum absolute atomic E-state index is 14.4. The lowest BCUT2D eigenvalue weighted by molar-refractivity contribution is -0.124. The van der Waals surface area contributed by atoms with Crippen LogP contribution in [0, 0.1) is 11.7 Å². The molecule has 0 unspecified atom stereocenters. The van der Waals surface area contributed by atoms with Gasteiger partial charge in [-0.1, -0.05) is 13.8 Å². The molecule has 1 aliphatic rings. The molecule has 2 heterocycles. The van der Waals surface area contributed by atoms with Gasteiger partial charge in [-0.05, 0) is 36.6 Å². The zero-order valence-corrected chi connectivity index (χ0v) is 16.2. The number of benzene rings is 1. The lowest BCUT2D eigenvalue weighted by atomic mass is 10.1. The number of aromatic nitrogens is 2. The van der Waals surface area contributed by atoms with Gasteiger partial charge in [0.05, 0.1) is 5.88 Å². The van der Waals surface area contributed by atoms with Crippen molar-refractivity contribution in [1.82, 2.24) is 20.0 Å². The van der Waals surface area contributed by atoms with Crippen molar-refractivity contribution in [2.24, 2.45) is 5.92 Å². The van der Waals surface area contributed by atoms with Gasteiger partial charge in [0, 0.05) is 30.3 Å². The van der Waals surface area contributed by atoms with Crippen molar-refractivity contribution in [2.75, 3.05) is 18.2 Å². The fraction of sp³-hybridized carbons (Fsp3) is 0.421. The minimum absolute atomic E-state index is 0.150. The molecule has 0 saturated carbocycles. The van der Waals surface area contributed by atoms with Gasteiger partial charge in [0.15, 0.2) is 0 Å². The number of hydrogen-bond donors (Lipinski definition) is 1. The molecule has 144 valence electrons. The largest absolute Gasteiger partial charge is 0.354 e. The number of carbonyl (C=O) groups is 2. The summed E-state index contributed by atoms with van der Waals surface area (Å²) in [4.78, 5) is 26.8. The van der Waals surface area contributed by atoms with Crippen molar-refractivity contribution < 1.29 is 14.0 Å². The molecule has 3 rings (SSSR count). The second-order valence-electron chi connectivity index (χ2n) is 6.88. The fourth-order valence-corrected chi connectivity index (χ4v) is 4.02. The first-order valence-electron chi connectivity index (χ1n) is 8.93. The fourth-order valence-electron chi connectivity index (χ4n) is 2.86.